The van der Waals surface area contributed by atoms with Crippen molar-refractivity contribution in [2.24, 2.45) is 0 Å². The van der Waals surface area contributed by atoms with Crippen molar-refractivity contribution in [3.05, 3.63) is 65.7 Å². The lowest BCUT2D eigenvalue weighted by Gasteiger charge is -2.27. The van der Waals surface area contributed by atoms with Crippen molar-refractivity contribution in [1.29, 1.82) is 0 Å². The van der Waals surface area contributed by atoms with Crippen molar-refractivity contribution >= 4 is 11.9 Å². The van der Waals surface area contributed by atoms with Gasteiger partial charge in [-0.25, -0.2) is 0 Å². The molecule has 1 atom stereocenters. The van der Waals surface area contributed by atoms with Crippen molar-refractivity contribution in [3.63, 3.8) is 0 Å². The number of carboxylic acids is 1. The second kappa shape index (κ2) is 9.73. The van der Waals surface area contributed by atoms with Crippen LogP contribution in [-0.2, 0) is 32.3 Å². The average molecular weight is 372 g/mol. The van der Waals surface area contributed by atoms with Crippen molar-refractivity contribution in [2.45, 2.75) is 38.6 Å². The summed E-state index contributed by atoms with van der Waals surface area (Å²) >= 11 is 0. The molecule has 0 saturated heterocycles. The third kappa shape index (κ3) is 7.11. The van der Waals surface area contributed by atoms with Gasteiger partial charge in [0.15, 0.2) is 0 Å². The number of carbonyl (C=O) groups is 2. The van der Waals surface area contributed by atoms with E-state index in [1.54, 1.807) is 38.3 Å². The van der Waals surface area contributed by atoms with Gasteiger partial charge in [-0.3, -0.25) is 9.59 Å². The predicted octanol–water partition coefficient (Wildman–Crippen LogP) is 3.58. The molecule has 0 heterocycles. The second-order valence-electron chi connectivity index (χ2n) is 6.48. The van der Waals surface area contributed by atoms with Crippen LogP contribution in [0.1, 0.15) is 30.9 Å². The molecule has 0 aliphatic carbocycles. The van der Waals surface area contributed by atoms with Crippen LogP contribution in [0.2, 0.25) is 0 Å². The van der Waals surface area contributed by atoms with Crippen molar-refractivity contribution in [1.82, 2.24) is 0 Å². The number of carbonyl (C=O) groups excluding carboxylic acids is 1. The summed E-state index contributed by atoms with van der Waals surface area (Å²) in [7, 11) is 1.58. The molecule has 0 bridgehead atoms. The Bertz CT molecular complexity index is 741. The zero-order chi connectivity index (χ0) is 19.7. The van der Waals surface area contributed by atoms with E-state index >= 15 is 0 Å². The van der Waals surface area contributed by atoms with Crippen LogP contribution in [0.4, 0.5) is 0 Å². The molecule has 0 aliphatic rings. The summed E-state index contributed by atoms with van der Waals surface area (Å²) < 4.78 is 16.1. The van der Waals surface area contributed by atoms with Crippen LogP contribution in [0.5, 0.6) is 5.75 Å². The lowest BCUT2D eigenvalue weighted by molar-refractivity contribution is -0.158. The summed E-state index contributed by atoms with van der Waals surface area (Å²) in [6, 6.07) is 16.5. The maximum absolute atomic E-state index is 12.2. The molecule has 0 saturated carbocycles. The molecule has 1 N–H and O–H groups in total. The van der Waals surface area contributed by atoms with Crippen LogP contribution in [0.3, 0.4) is 0 Å². The number of ether oxygens (including phenoxy) is 3. The van der Waals surface area contributed by atoms with Gasteiger partial charge in [0.05, 0.1) is 32.2 Å². The maximum atomic E-state index is 12.2. The second-order valence-corrected chi connectivity index (χ2v) is 6.48. The molecule has 0 amide bonds. The number of aliphatic carboxylic acids is 1. The number of esters is 1. The van der Waals surface area contributed by atoms with Gasteiger partial charge in [0.25, 0.3) is 0 Å². The molecule has 2 aromatic carbocycles. The Morgan fingerprint density at radius 1 is 0.926 bits per heavy atom. The standard InChI is InChI=1S/C21H24O6/c1-21(12-19(22)23,27-15-16-6-4-3-5-7-16)13-20(24)26-14-17-8-10-18(25-2)11-9-17/h3-11H,12-15H2,1-2H3,(H,22,23). The first-order chi connectivity index (χ1) is 12.9. The van der Waals surface area contributed by atoms with Gasteiger partial charge < -0.3 is 19.3 Å². The fraction of sp³-hybridized carbons (Fsp3) is 0.333. The van der Waals surface area contributed by atoms with Crippen LogP contribution >= 0.6 is 0 Å². The summed E-state index contributed by atoms with van der Waals surface area (Å²) in [6.45, 7) is 1.93. The van der Waals surface area contributed by atoms with Crippen molar-refractivity contribution < 1.29 is 28.9 Å². The van der Waals surface area contributed by atoms with E-state index in [4.69, 9.17) is 14.2 Å². The molecule has 144 valence electrons. The molecule has 0 fully saturated rings. The first kappa shape index (κ1) is 20.5. The molecule has 0 spiro atoms. The summed E-state index contributed by atoms with van der Waals surface area (Å²) in [6.07, 6.45) is -0.445. The highest BCUT2D eigenvalue weighted by Gasteiger charge is 2.32. The maximum Gasteiger partial charge on any atom is 0.309 e. The third-order valence-corrected chi connectivity index (χ3v) is 4.03. The largest absolute Gasteiger partial charge is 0.497 e. The molecule has 0 aliphatic heterocycles. The molecule has 27 heavy (non-hydrogen) atoms. The number of carboxylic acid groups (broad SMARTS) is 1. The Hall–Kier alpha value is -2.86. The summed E-state index contributed by atoms with van der Waals surface area (Å²) in [5.74, 6) is -0.829. The number of hydrogen-bond donors (Lipinski definition) is 1. The van der Waals surface area contributed by atoms with Gasteiger partial charge in [0.1, 0.15) is 12.4 Å². The Morgan fingerprint density at radius 3 is 2.15 bits per heavy atom. The lowest BCUT2D eigenvalue weighted by Crippen LogP contribution is -2.35. The van der Waals surface area contributed by atoms with E-state index in [0.29, 0.717) is 5.75 Å². The summed E-state index contributed by atoms with van der Waals surface area (Å²) in [5.41, 5.74) is 0.563. The van der Waals surface area contributed by atoms with Gasteiger partial charge in [-0.1, -0.05) is 42.5 Å². The molecule has 2 rings (SSSR count). The van der Waals surface area contributed by atoms with Crippen LogP contribution in [0, 0.1) is 0 Å². The van der Waals surface area contributed by atoms with Crippen LogP contribution < -0.4 is 4.74 Å². The topological polar surface area (TPSA) is 82.1 Å². The average Bonchev–Trinajstić information content (AvgIpc) is 2.65. The highest BCUT2D eigenvalue weighted by Crippen LogP contribution is 2.23. The molecule has 0 radical (unpaired) electrons. The fourth-order valence-electron chi connectivity index (χ4n) is 2.56. The quantitative estimate of drug-likeness (QED) is 0.642. The number of rotatable bonds is 10. The number of methoxy groups -OCH3 is 1. The van der Waals surface area contributed by atoms with Crippen molar-refractivity contribution in [3.8, 4) is 5.75 Å². The first-order valence-corrected chi connectivity index (χ1v) is 8.58. The smallest absolute Gasteiger partial charge is 0.309 e. The molecular weight excluding hydrogens is 348 g/mol. The van der Waals surface area contributed by atoms with E-state index in [2.05, 4.69) is 0 Å². The summed E-state index contributed by atoms with van der Waals surface area (Å²) in [5, 5.41) is 9.17. The molecular formula is C21H24O6. The van der Waals surface area contributed by atoms with E-state index in [1.807, 2.05) is 30.3 Å². The minimum Gasteiger partial charge on any atom is -0.497 e. The fourth-order valence-corrected chi connectivity index (χ4v) is 2.56. The van der Waals surface area contributed by atoms with Gasteiger partial charge in [0.2, 0.25) is 0 Å². The van der Waals surface area contributed by atoms with E-state index < -0.39 is 17.5 Å². The minimum absolute atomic E-state index is 0.102. The Morgan fingerprint density at radius 2 is 1.56 bits per heavy atom. The predicted molar refractivity (Wildman–Crippen MR) is 99.3 cm³/mol. The molecule has 2 aromatic rings. The van der Waals surface area contributed by atoms with Gasteiger partial charge in [-0.05, 0) is 30.2 Å². The highest BCUT2D eigenvalue weighted by atomic mass is 16.5. The zero-order valence-corrected chi connectivity index (χ0v) is 15.5. The molecule has 6 nitrogen and oxygen atoms in total. The Labute approximate surface area is 158 Å². The summed E-state index contributed by atoms with van der Waals surface area (Å²) in [4.78, 5) is 23.4. The SMILES string of the molecule is COc1ccc(COC(=O)CC(C)(CC(=O)O)OCc2ccccc2)cc1. The molecule has 0 aromatic heterocycles. The van der Waals surface area contributed by atoms with Gasteiger partial charge in [0, 0.05) is 0 Å². The minimum atomic E-state index is -1.15. The third-order valence-electron chi connectivity index (χ3n) is 4.03. The zero-order valence-electron chi connectivity index (χ0n) is 15.5. The van der Waals surface area contributed by atoms with E-state index in [-0.39, 0.29) is 26.1 Å². The highest BCUT2D eigenvalue weighted by molar-refractivity contribution is 5.74. The van der Waals surface area contributed by atoms with E-state index in [0.717, 1.165) is 11.1 Å². The normalized spacial score (nSPS) is 12.8. The number of hydrogen-bond acceptors (Lipinski definition) is 5. The van der Waals surface area contributed by atoms with Gasteiger partial charge >= 0.3 is 11.9 Å². The van der Waals surface area contributed by atoms with Crippen LogP contribution in [0.15, 0.2) is 54.6 Å². The molecule has 6 heteroatoms. The van der Waals surface area contributed by atoms with Crippen LogP contribution in [-0.4, -0.2) is 29.8 Å². The Kier molecular flexibility index (Phi) is 7.37. The monoisotopic (exact) mass is 372 g/mol. The van der Waals surface area contributed by atoms with Gasteiger partial charge in [-0.15, -0.1) is 0 Å². The molecule has 1 unspecified atom stereocenters. The Balaban J connectivity index is 1.92. The first-order valence-electron chi connectivity index (χ1n) is 8.58. The van der Waals surface area contributed by atoms with Crippen LogP contribution in [0.25, 0.3) is 0 Å². The number of benzene rings is 2. The van der Waals surface area contributed by atoms with E-state index in [9.17, 15) is 14.7 Å². The van der Waals surface area contributed by atoms with E-state index in [1.165, 1.54) is 0 Å². The van der Waals surface area contributed by atoms with Crippen molar-refractivity contribution in [2.75, 3.05) is 7.11 Å². The van der Waals surface area contributed by atoms with Gasteiger partial charge in [-0.2, -0.15) is 0 Å². The lowest BCUT2D eigenvalue weighted by atomic mass is 9.97.